The number of hydrogen-bond acceptors (Lipinski definition) is 5. The SMILES string of the molecule is Cn1nccc1CNC(=O)c1nc(-c2ccc(F)cc2)no1. The van der Waals surface area contributed by atoms with E-state index < -0.39 is 5.91 Å². The minimum absolute atomic E-state index is 0.151. The summed E-state index contributed by atoms with van der Waals surface area (Å²) in [4.78, 5) is 16.0. The Balaban J connectivity index is 1.69. The maximum absolute atomic E-state index is 12.9. The van der Waals surface area contributed by atoms with E-state index in [1.807, 2.05) is 0 Å². The predicted molar refractivity (Wildman–Crippen MR) is 74.1 cm³/mol. The van der Waals surface area contributed by atoms with Crippen LogP contribution < -0.4 is 5.32 Å². The molecule has 0 aliphatic carbocycles. The summed E-state index contributed by atoms with van der Waals surface area (Å²) in [5.74, 6) is -0.768. The van der Waals surface area contributed by atoms with E-state index in [0.29, 0.717) is 12.1 Å². The first-order chi connectivity index (χ1) is 10.6. The molecule has 22 heavy (non-hydrogen) atoms. The third kappa shape index (κ3) is 2.85. The molecule has 1 amide bonds. The molecule has 2 aromatic heterocycles. The van der Waals surface area contributed by atoms with Gasteiger partial charge in [-0.2, -0.15) is 10.1 Å². The third-order valence-electron chi connectivity index (χ3n) is 3.08. The standard InChI is InChI=1S/C14H12FN5O2/c1-20-11(6-7-17-20)8-16-13(21)14-18-12(19-22-14)9-2-4-10(15)5-3-9/h2-7H,8H2,1H3,(H,16,21). The second-order valence-electron chi connectivity index (χ2n) is 4.56. The molecule has 1 aromatic carbocycles. The van der Waals surface area contributed by atoms with Crippen LogP contribution in [0.2, 0.25) is 0 Å². The predicted octanol–water partition coefficient (Wildman–Crippen LogP) is 1.54. The van der Waals surface area contributed by atoms with Crippen LogP contribution in [-0.4, -0.2) is 25.8 Å². The normalized spacial score (nSPS) is 10.6. The van der Waals surface area contributed by atoms with E-state index in [9.17, 15) is 9.18 Å². The van der Waals surface area contributed by atoms with Crippen molar-refractivity contribution in [3.05, 3.63) is 53.9 Å². The maximum atomic E-state index is 12.9. The molecule has 0 radical (unpaired) electrons. The Morgan fingerprint density at radius 2 is 2.09 bits per heavy atom. The van der Waals surface area contributed by atoms with E-state index >= 15 is 0 Å². The maximum Gasteiger partial charge on any atom is 0.316 e. The number of nitrogens with one attached hydrogen (secondary N) is 1. The fourth-order valence-electron chi connectivity index (χ4n) is 1.85. The summed E-state index contributed by atoms with van der Waals surface area (Å²) < 4.78 is 19.4. The molecule has 0 bridgehead atoms. The van der Waals surface area contributed by atoms with Crippen molar-refractivity contribution >= 4 is 5.91 Å². The second-order valence-corrected chi connectivity index (χ2v) is 4.56. The first-order valence-corrected chi connectivity index (χ1v) is 6.48. The van der Waals surface area contributed by atoms with Gasteiger partial charge in [0.05, 0.1) is 12.2 Å². The highest BCUT2D eigenvalue weighted by Gasteiger charge is 2.16. The molecule has 112 valence electrons. The van der Waals surface area contributed by atoms with Gasteiger partial charge < -0.3 is 9.84 Å². The molecule has 8 heteroatoms. The number of amides is 1. The van der Waals surface area contributed by atoms with E-state index in [1.54, 1.807) is 24.0 Å². The van der Waals surface area contributed by atoms with Crippen LogP contribution in [0, 0.1) is 5.82 Å². The van der Waals surface area contributed by atoms with Gasteiger partial charge in [-0.15, -0.1) is 0 Å². The van der Waals surface area contributed by atoms with Gasteiger partial charge in [-0.1, -0.05) is 5.16 Å². The first-order valence-electron chi connectivity index (χ1n) is 6.48. The number of hydrogen-bond donors (Lipinski definition) is 1. The smallest absolute Gasteiger partial charge is 0.316 e. The van der Waals surface area contributed by atoms with Crippen molar-refractivity contribution in [3.8, 4) is 11.4 Å². The van der Waals surface area contributed by atoms with Crippen LogP contribution in [0.1, 0.15) is 16.4 Å². The van der Waals surface area contributed by atoms with Crippen LogP contribution in [0.25, 0.3) is 11.4 Å². The first kappa shape index (κ1) is 13.9. The molecule has 0 unspecified atom stereocenters. The zero-order chi connectivity index (χ0) is 15.5. The average Bonchev–Trinajstić information content (AvgIpc) is 3.15. The number of rotatable bonds is 4. The number of aryl methyl sites for hydroxylation is 1. The van der Waals surface area contributed by atoms with E-state index in [2.05, 4.69) is 20.6 Å². The molecule has 0 saturated heterocycles. The highest BCUT2D eigenvalue weighted by Crippen LogP contribution is 2.16. The Labute approximate surface area is 124 Å². The molecular formula is C14H12FN5O2. The molecule has 1 N–H and O–H groups in total. The summed E-state index contributed by atoms with van der Waals surface area (Å²) in [5.41, 5.74) is 1.41. The quantitative estimate of drug-likeness (QED) is 0.790. The average molecular weight is 301 g/mol. The van der Waals surface area contributed by atoms with E-state index in [0.717, 1.165) is 5.69 Å². The largest absolute Gasteiger partial charge is 0.342 e. The lowest BCUT2D eigenvalue weighted by Gasteiger charge is -2.02. The van der Waals surface area contributed by atoms with Crippen LogP contribution >= 0.6 is 0 Å². The molecule has 0 spiro atoms. The van der Waals surface area contributed by atoms with Gasteiger partial charge in [-0.3, -0.25) is 9.48 Å². The third-order valence-corrected chi connectivity index (χ3v) is 3.08. The molecule has 7 nitrogen and oxygen atoms in total. The summed E-state index contributed by atoms with van der Waals surface area (Å²) in [5, 5.41) is 10.4. The van der Waals surface area contributed by atoms with Crippen molar-refractivity contribution in [3.63, 3.8) is 0 Å². The summed E-state index contributed by atoms with van der Waals surface area (Å²) in [6.07, 6.45) is 1.64. The highest BCUT2D eigenvalue weighted by molar-refractivity contribution is 5.89. The van der Waals surface area contributed by atoms with Crippen LogP contribution in [-0.2, 0) is 13.6 Å². The van der Waals surface area contributed by atoms with E-state index in [4.69, 9.17) is 4.52 Å². The molecule has 0 aliphatic heterocycles. The van der Waals surface area contributed by atoms with Gasteiger partial charge in [0.15, 0.2) is 0 Å². The van der Waals surface area contributed by atoms with Gasteiger partial charge in [0.2, 0.25) is 5.82 Å². The summed E-state index contributed by atoms with van der Waals surface area (Å²) >= 11 is 0. The van der Waals surface area contributed by atoms with Crippen molar-refractivity contribution in [2.45, 2.75) is 6.54 Å². The number of nitrogens with zero attached hydrogens (tertiary/aromatic N) is 4. The fraction of sp³-hybridized carbons (Fsp3) is 0.143. The molecule has 0 saturated carbocycles. The van der Waals surface area contributed by atoms with Gasteiger partial charge in [-0.25, -0.2) is 4.39 Å². The Morgan fingerprint density at radius 1 is 1.32 bits per heavy atom. The molecular weight excluding hydrogens is 289 g/mol. The van der Waals surface area contributed by atoms with Crippen molar-refractivity contribution in [1.82, 2.24) is 25.2 Å². The minimum Gasteiger partial charge on any atom is -0.342 e. The summed E-state index contributed by atoms with van der Waals surface area (Å²) in [7, 11) is 1.78. The zero-order valence-electron chi connectivity index (χ0n) is 11.7. The van der Waals surface area contributed by atoms with Gasteiger partial charge in [-0.05, 0) is 30.3 Å². The number of aromatic nitrogens is 4. The number of carbonyl (C=O) groups excluding carboxylic acids is 1. The summed E-state index contributed by atoms with van der Waals surface area (Å²) in [6.45, 7) is 0.295. The fourth-order valence-corrected chi connectivity index (χ4v) is 1.85. The summed E-state index contributed by atoms with van der Waals surface area (Å²) in [6, 6.07) is 7.38. The van der Waals surface area contributed by atoms with Crippen LogP contribution in [0.15, 0.2) is 41.1 Å². The van der Waals surface area contributed by atoms with E-state index in [1.165, 1.54) is 24.3 Å². The molecule has 0 atom stereocenters. The van der Waals surface area contributed by atoms with Crippen LogP contribution in [0.3, 0.4) is 0 Å². The Kier molecular flexibility index (Phi) is 3.65. The second kappa shape index (κ2) is 5.76. The lowest BCUT2D eigenvalue weighted by atomic mass is 10.2. The van der Waals surface area contributed by atoms with E-state index in [-0.39, 0.29) is 17.5 Å². The molecule has 0 fully saturated rings. The van der Waals surface area contributed by atoms with Gasteiger partial charge in [0.25, 0.3) is 0 Å². The van der Waals surface area contributed by atoms with Gasteiger partial charge in [0.1, 0.15) is 5.82 Å². The molecule has 0 aliphatic rings. The lowest BCUT2D eigenvalue weighted by molar-refractivity contribution is 0.0906. The monoisotopic (exact) mass is 301 g/mol. The Hall–Kier alpha value is -3.03. The van der Waals surface area contributed by atoms with Crippen molar-refractivity contribution in [1.29, 1.82) is 0 Å². The number of halogens is 1. The van der Waals surface area contributed by atoms with Gasteiger partial charge in [0, 0.05) is 18.8 Å². The minimum atomic E-state index is -0.484. The zero-order valence-corrected chi connectivity index (χ0v) is 11.7. The number of carbonyl (C=O) groups is 1. The number of benzene rings is 1. The van der Waals surface area contributed by atoms with Crippen LogP contribution in [0.5, 0.6) is 0 Å². The highest BCUT2D eigenvalue weighted by atomic mass is 19.1. The topological polar surface area (TPSA) is 85.8 Å². The molecule has 3 aromatic rings. The van der Waals surface area contributed by atoms with Crippen molar-refractivity contribution < 1.29 is 13.7 Å². The van der Waals surface area contributed by atoms with Crippen molar-refractivity contribution in [2.24, 2.45) is 7.05 Å². The van der Waals surface area contributed by atoms with Gasteiger partial charge >= 0.3 is 11.8 Å². The molecule has 3 rings (SSSR count). The lowest BCUT2D eigenvalue weighted by Crippen LogP contribution is -2.24. The van der Waals surface area contributed by atoms with Crippen molar-refractivity contribution in [2.75, 3.05) is 0 Å². The molecule has 2 heterocycles. The Bertz CT molecular complexity index is 794. The van der Waals surface area contributed by atoms with Crippen LogP contribution in [0.4, 0.5) is 4.39 Å². The Morgan fingerprint density at radius 3 is 2.77 bits per heavy atom.